The van der Waals surface area contributed by atoms with E-state index in [0.717, 1.165) is 37.1 Å². The fourth-order valence-electron chi connectivity index (χ4n) is 3.81. The number of likely N-dealkylation sites (tertiary alicyclic amines) is 1. The van der Waals surface area contributed by atoms with Gasteiger partial charge in [0.1, 0.15) is 0 Å². The number of hydrogen-bond donors (Lipinski definition) is 1. The van der Waals surface area contributed by atoms with Crippen LogP contribution in [-0.4, -0.2) is 55.6 Å². The fourth-order valence-corrected chi connectivity index (χ4v) is 5.53. The number of aryl methyl sites for hydroxylation is 2. The lowest BCUT2D eigenvalue weighted by molar-refractivity contribution is -0.129. The van der Waals surface area contributed by atoms with Gasteiger partial charge in [-0.1, -0.05) is 31.2 Å². The van der Waals surface area contributed by atoms with E-state index in [1.54, 1.807) is 38.1 Å². The Morgan fingerprint density at radius 3 is 2.31 bits per heavy atom. The largest absolute Gasteiger partial charge is 0.342 e. The summed E-state index contributed by atoms with van der Waals surface area (Å²) < 4.78 is 27.4. The van der Waals surface area contributed by atoms with Crippen LogP contribution in [0.15, 0.2) is 47.4 Å². The van der Waals surface area contributed by atoms with E-state index in [1.807, 2.05) is 30.0 Å². The molecule has 0 spiro atoms. The van der Waals surface area contributed by atoms with Gasteiger partial charge < -0.3 is 10.2 Å². The molecule has 1 fully saturated rings. The summed E-state index contributed by atoms with van der Waals surface area (Å²) in [6.45, 7) is 6.85. The van der Waals surface area contributed by atoms with Crippen LogP contribution in [0.3, 0.4) is 0 Å². The van der Waals surface area contributed by atoms with Gasteiger partial charge in [0.2, 0.25) is 21.8 Å². The Morgan fingerprint density at radius 2 is 1.69 bits per heavy atom. The van der Waals surface area contributed by atoms with Gasteiger partial charge in [-0.3, -0.25) is 9.59 Å². The predicted molar refractivity (Wildman–Crippen MR) is 125 cm³/mol. The van der Waals surface area contributed by atoms with Crippen LogP contribution in [0.4, 0.5) is 5.69 Å². The standard InChI is InChI=1S/C24H31N3O4S/c1-4-27(32(30,31)22-15-18(2)7-8-19(22)3)17-23(28)25-21-11-9-20(10-12-21)16-24(29)26-13-5-6-14-26/h7-12,15H,4-6,13-14,16-17H2,1-3H3,(H,25,28). The molecule has 0 atom stereocenters. The molecule has 1 saturated heterocycles. The summed E-state index contributed by atoms with van der Waals surface area (Å²) in [6.07, 6.45) is 2.46. The molecule has 1 aliphatic heterocycles. The normalized spacial score (nSPS) is 14.1. The molecule has 8 heteroatoms. The second kappa shape index (κ2) is 10.3. The van der Waals surface area contributed by atoms with Gasteiger partial charge in [-0.15, -0.1) is 0 Å². The molecule has 0 aliphatic carbocycles. The van der Waals surface area contributed by atoms with E-state index >= 15 is 0 Å². The highest BCUT2D eigenvalue weighted by molar-refractivity contribution is 7.89. The summed E-state index contributed by atoms with van der Waals surface area (Å²) in [5.41, 5.74) is 2.94. The van der Waals surface area contributed by atoms with E-state index in [4.69, 9.17) is 0 Å². The molecule has 3 rings (SSSR count). The van der Waals surface area contributed by atoms with Gasteiger partial charge in [0.25, 0.3) is 0 Å². The van der Waals surface area contributed by atoms with Gasteiger partial charge in [0.15, 0.2) is 0 Å². The molecule has 1 heterocycles. The molecule has 0 saturated carbocycles. The van der Waals surface area contributed by atoms with E-state index in [2.05, 4.69) is 5.32 Å². The van der Waals surface area contributed by atoms with Gasteiger partial charge in [0, 0.05) is 25.3 Å². The van der Waals surface area contributed by atoms with Crippen molar-refractivity contribution >= 4 is 27.5 Å². The zero-order valence-corrected chi connectivity index (χ0v) is 19.7. The monoisotopic (exact) mass is 457 g/mol. The number of hydrogen-bond acceptors (Lipinski definition) is 4. The third-order valence-corrected chi connectivity index (χ3v) is 7.75. The maximum Gasteiger partial charge on any atom is 0.243 e. The first-order valence-corrected chi connectivity index (χ1v) is 12.4. The smallest absolute Gasteiger partial charge is 0.243 e. The van der Waals surface area contributed by atoms with Gasteiger partial charge in [-0.2, -0.15) is 4.31 Å². The number of nitrogens with one attached hydrogen (secondary N) is 1. The van der Waals surface area contributed by atoms with Crippen LogP contribution in [0, 0.1) is 13.8 Å². The molecule has 0 unspecified atom stereocenters. The number of carbonyl (C=O) groups is 2. The summed E-state index contributed by atoms with van der Waals surface area (Å²) in [4.78, 5) is 27.0. The van der Waals surface area contributed by atoms with Crippen LogP contribution < -0.4 is 5.32 Å². The fraction of sp³-hybridized carbons (Fsp3) is 0.417. The SMILES string of the molecule is CCN(CC(=O)Nc1ccc(CC(=O)N2CCCC2)cc1)S(=O)(=O)c1cc(C)ccc1C. The molecule has 7 nitrogen and oxygen atoms in total. The van der Waals surface area contributed by atoms with E-state index in [1.165, 1.54) is 4.31 Å². The van der Waals surface area contributed by atoms with Gasteiger partial charge in [0.05, 0.1) is 17.9 Å². The van der Waals surface area contributed by atoms with Crippen molar-refractivity contribution in [2.75, 3.05) is 31.5 Å². The molecule has 1 aliphatic rings. The highest BCUT2D eigenvalue weighted by Crippen LogP contribution is 2.21. The van der Waals surface area contributed by atoms with Crippen molar-refractivity contribution in [2.24, 2.45) is 0 Å². The first-order valence-electron chi connectivity index (χ1n) is 10.9. The summed E-state index contributed by atoms with van der Waals surface area (Å²) in [7, 11) is -3.79. The molecule has 172 valence electrons. The molecule has 32 heavy (non-hydrogen) atoms. The molecule has 2 aromatic carbocycles. The van der Waals surface area contributed by atoms with Gasteiger partial charge in [-0.25, -0.2) is 8.42 Å². The topological polar surface area (TPSA) is 86.8 Å². The number of sulfonamides is 1. The highest BCUT2D eigenvalue weighted by Gasteiger charge is 2.27. The lowest BCUT2D eigenvalue weighted by Crippen LogP contribution is -2.38. The Morgan fingerprint density at radius 1 is 1.03 bits per heavy atom. The molecule has 1 N–H and O–H groups in total. The Balaban J connectivity index is 1.62. The van der Waals surface area contributed by atoms with Crippen molar-refractivity contribution in [3.63, 3.8) is 0 Å². The highest BCUT2D eigenvalue weighted by atomic mass is 32.2. The molecular formula is C24H31N3O4S. The average molecular weight is 458 g/mol. The second-order valence-corrected chi connectivity index (χ2v) is 10.1. The van der Waals surface area contributed by atoms with Crippen molar-refractivity contribution < 1.29 is 18.0 Å². The Kier molecular flexibility index (Phi) is 7.69. The summed E-state index contributed by atoms with van der Waals surface area (Å²) in [5, 5.41) is 2.75. The van der Waals surface area contributed by atoms with Gasteiger partial charge >= 0.3 is 0 Å². The molecule has 0 aromatic heterocycles. The van der Waals surface area contributed by atoms with Crippen molar-refractivity contribution in [1.29, 1.82) is 0 Å². The summed E-state index contributed by atoms with van der Waals surface area (Å²) in [6, 6.07) is 12.4. The van der Waals surface area contributed by atoms with Crippen LogP contribution in [0.25, 0.3) is 0 Å². The van der Waals surface area contributed by atoms with E-state index in [-0.39, 0.29) is 23.9 Å². The zero-order chi connectivity index (χ0) is 23.3. The summed E-state index contributed by atoms with van der Waals surface area (Å²) in [5.74, 6) is -0.295. The van der Waals surface area contributed by atoms with Crippen LogP contribution in [0.2, 0.25) is 0 Å². The minimum absolute atomic E-state index is 0.120. The molecule has 2 amide bonds. The number of benzene rings is 2. The van der Waals surface area contributed by atoms with Crippen LogP contribution >= 0.6 is 0 Å². The number of amides is 2. The maximum absolute atomic E-state index is 13.1. The molecule has 2 aromatic rings. The van der Waals surface area contributed by atoms with Crippen LogP contribution in [0.5, 0.6) is 0 Å². The number of likely N-dealkylation sites (N-methyl/N-ethyl adjacent to an activating group) is 1. The number of nitrogens with zero attached hydrogens (tertiary/aromatic N) is 2. The van der Waals surface area contributed by atoms with Crippen molar-refractivity contribution in [2.45, 2.75) is 44.9 Å². The first kappa shape index (κ1) is 23.9. The number of rotatable bonds is 8. The van der Waals surface area contributed by atoms with Crippen molar-refractivity contribution in [3.05, 3.63) is 59.2 Å². The Hall–Kier alpha value is -2.71. The summed E-state index contributed by atoms with van der Waals surface area (Å²) >= 11 is 0. The molecule has 0 bridgehead atoms. The van der Waals surface area contributed by atoms with Gasteiger partial charge in [-0.05, 0) is 61.6 Å². The third kappa shape index (κ3) is 5.75. The second-order valence-electron chi connectivity index (χ2n) is 8.21. The third-order valence-electron chi connectivity index (χ3n) is 5.69. The maximum atomic E-state index is 13.1. The Labute approximate surface area is 190 Å². The quantitative estimate of drug-likeness (QED) is 0.660. The van der Waals surface area contributed by atoms with Crippen molar-refractivity contribution in [3.8, 4) is 0 Å². The lowest BCUT2D eigenvalue weighted by Gasteiger charge is -2.21. The zero-order valence-electron chi connectivity index (χ0n) is 18.9. The minimum atomic E-state index is -3.79. The Bertz CT molecular complexity index is 1070. The minimum Gasteiger partial charge on any atom is -0.342 e. The first-order chi connectivity index (χ1) is 15.2. The molecular weight excluding hydrogens is 426 g/mol. The van der Waals surface area contributed by atoms with E-state index < -0.39 is 15.9 Å². The predicted octanol–water partition coefficient (Wildman–Crippen LogP) is 3.12. The lowest BCUT2D eigenvalue weighted by atomic mass is 10.1. The average Bonchev–Trinajstić information content (AvgIpc) is 3.30. The van der Waals surface area contributed by atoms with Crippen LogP contribution in [-0.2, 0) is 26.0 Å². The number of carbonyl (C=O) groups excluding carboxylic acids is 2. The van der Waals surface area contributed by atoms with Crippen molar-refractivity contribution in [1.82, 2.24) is 9.21 Å². The van der Waals surface area contributed by atoms with E-state index in [9.17, 15) is 18.0 Å². The number of anilines is 1. The van der Waals surface area contributed by atoms with E-state index in [0.29, 0.717) is 17.7 Å². The molecule has 0 radical (unpaired) electrons. The van der Waals surface area contributed by atoms with Crippen LogP contribution in [0.1, 0.15) is 36.5 Å².